The molecule has 1 aliphatic rings. The van der Waals surface area contributed by atoms with Crippen LogP contribution >= 0.6 is 11.6 Å². The average Bonchev–Trinajstić information content (AvgIpc) is 3.02. The number of hydrogen-bond donors (Lipinski definition) is 2. The summed E-state index contributed by atoms with van der Waals surface area (Å²) in [5.74, 6) is 5.14. The SMILES string of the molecule is CN1CCC(F)(C#Cc2cc3nc(-c4cccc(Cl)c4F)nc(N)c3cc2N)C1. The third-order valence-corrected chi connectivity index (χ3v) is 5.21. The third kappa shape index (κ3) is 3.69. The summed E-state index contributed by atoms with van der Waals surface area (Å²) in [6, 6.07) is 7.77. The molecule has 0 spiro atoms. The zero-order valence-corrected chi connectivity index (χ0v) is 16.4. The van der Waals surface area contributed by atoms with E-state index in [4.69, 9.17) is 23.1 Å². The van der Waals surface area contributed by atoms with Crippen LogP contribution in [0.3, 0.4) is 0 Å². The molecule has 5 nitrogen and oxygen atoms in total. The summed E-state index contributed by atoms with van der Waals surface area (Å²) in [5.41, 5.74) is 11.9. The maximum absolute atomic E-state index is 14.8. The van der Waals surface area contributed by atoms with Gasteiger partial charge in [-0.05, 0) is 31.3 Å². The lowest BCUT2D eigenvalue weighted by molar-refractivity contribution is 0.246. The summed E-state index contributed by atoms with van der Waals surface area (Å²) in [4.78, 5) is 10.5. The van der Waals surface area contributed by atoms with Crippen molar-refractivity contribution >= 4 is 34.0 Å². The summed E-state index contributed by atoms with van der Waals surface area (Å²) in [6.45, 7) is 0.900. The zero-order valence-electron chi connectivity index (χ0n) is 15.6. The molecule has 2 heterocycles. The number of nitrogen functional groups attached to an aromatic ring is 2. The van der Waals surface area contributed by atoms with Crippen LogP contribution in [-0.2, 0) is 0 Å². The van der Waals surface area contributed by atoms with Gasteiger partial charge >= 0.3 is 0 Å². The minimum absolute atomic E-state index is 0.0385. The van der Waals surface area contributed by atoms with E-state index in [0.717, 1.165) is 0 Å². The number of nitrogens with zero attached hydrogens (tertiary/aromatic N) is 3. The van der Waals surface area contributed by atoms with Crippen LogP contribution < -0.4 is 11.5 Å². The van der Waals surface area contributed by atoms with Gasteiger partial charge in [0.25, 0.3) is 0 Å². The first-order valence-electron chi connectivity index (χ1n) is 8.97. The van der Waals surface area contributed by atoms with Crippen molar-refractivity contribution in [3.05, 3.63) is 46.7 Å². The van der Waals surface area contributed by atoms with E-state index in [1.54, 1.807) is 18.2 Å². The van der Waals surface area contributed by atoms with Crippen molar-refractivity contribution in [1.82, 2.24) is 14.9 Å². The Morgan fingerprint density at radius 2 is 2.03 bits per heavy atom. The minimum atomic E-state index is -1.57. The predicted molar refractivity (Wildman–Crippen MR) is 112 cm³/mol. The molecular formula is C21H18ClF2N5. The second-order valence-electron chi connectivity index (χ2n) is 7.19. The molecule has 1 unspecified atom stereocenters. The molecule has 1 aliphatic heterocycles. The maximum atomic E-state index is 14.8. The van der Waals surface area contributed by atoms with Gasteiger partial charge in [-0.2, -0.15) is 0 Å². The Morgan fingerprint density at radius 3 is 2.76 bits per heavy atom. The molecule has 8 heteroatoms. The van der Waals surface area contributed by atoms with Crippen LogP contribution in [0.2, 0.25) is 5.02 Å². The molecule has 1 aromatic heterocycles. The molecule has 3 aromatic rings. The number of halogens is 3. The number of aromatic nitrogens is 2. The summed E-state index contributed by atoms with van der Waals surface area (Å²) < 4.78 is 29.2. The number of alkyl halides is 1. The van der Waals surface area contributed by atoms with E-state index in [-0.39, 0.29) is 28.8 Å². The number of rotatable bonds is 1. The van der Waals surface area contributed by atoms with Crippen molar-refractivity contribution < 1.29 is 8.78 Å². The Balaban J connectivity index is 1.81. The van der Waals surface area contributed by atoms with Gasteiger partial charge in [0, 0.05) is 36.1 Å². The highest BCUT2D eigenvalue weighted by atomic mass is 35.5. The summed E-state index contributed by atoms with van der Waals surface area (Å²) in [6.07, 6.45) is 0.345. The number of benzene rings is 2. The molecule has 1 fully saturated rings. The maximum Gasteiger partial charge on any atom is 0.184 e. The number of nitrogens with two attached hydrogens (primary N) is 2. The highest BCUT2D eigenvalue weighted by molar-refractivity contribution is 6.31. The molecule has 0 bridgehead atoms. The molecule has 4 N–H and O–H groups in total. The molecular weight excluding hydrogens is 396 g/mol. The van der Waals surface area contributed by atoms with Crippen LogP contribution in [0.1, 0.15) is 12.0 Å². The van der Waals surface area contributed by atoms with E-state index in [9.17, 15) is 8.78 Å². The van der Waals surface area contributed by atoms with Crippen molar-refractivity contribution in [3.8, 4) is 23.2 Å². The summed E-state index contributed by atoms with van der Waals surface area (Å²) >= 11 is 5.86. The molecule has 0 radical (unpaired) electrons. The summed E-state index contributed by atoms with van der Waals surface area (Å²) in [5, 5.41) is 0.471. The lowest BCUT2D eigenvalue weighted by atomic mass is 10.0. The van der Waals surface area contributed by atoms with Crippen molar-refractivity contribution in [2.24, 2.45) is 0 Å². The van der Waals surface area contributed by atoms with Crippen LogP contribution in [0.15, 0.2) is 30.3 Å². The minimum Gasteiger partial charge on any atom is -0.398 e. The number of fused-ring (bicyclic) bond motifs is 1. The molecule has 0 aliphatic carbocycles. The Morgan fingerprint density at radius 1 is 1.24 bits per heavy atom. The van der Waals surface area contributed by atoms with Gasteiger partial charge in [-0.1, -0.05) is 29.5 Å². The first kappa shape index (κ1) is 19.4. The molecule has 1 atom stereocenters. The van der Waals surface area contributed by atoms with Gasteiger partial charge in [-0.3, -0.25) is 0 Å². The van der Waals surface area contributed by atoms with Gasteiger partial charge in [0.1, 0.15) is 5.82 Å². The topological polar surface area (TPSA) is 81.1 Å². The molecule has 148 valence electrons. The van der Waals surface area contributed by atoms with Crippen LogP contribution in [0.5, 0.6) is 0 Å². The average molecular weight is 414 g/mol. The van der Waals surface area contributed by atoms with Gasteiger partial charge in [0.2, 0.25) is 0 Å². The second kappa shape index (κ2) is 7.14. The van der Waals surface area contributed by atoms with Gasteiger partial charge in [-0.25, -0.2) is 18.7 Å². The highest BCUT2D eigenvalue weighted by Crippen LogP contribution is 2.30. The van der Waals surface area contributed by atoms with Gasteiger partial charge in [0.05, 0.1) is 16.1 Å². The van der Waals surface area contributed by atoms with E-state index in [1.165, 1.54) is 12.1 Å². The Bertz CT molecular complexity index is 1190. The highest BCUT2D eigenvalue weighted by Gasteiger charge is 2.34. The fourth-order valence-corrected chi connectivity index (χ4v) is 3.53. The monoisotopic (exact) mass is 413 g/mol. The van der Waals surface area contributed by atoms with Gasteiger partial charge in [0.15, 0.2) is 17.3 Å². The molecule has 0 saturated carbocycles. The molecule has 4 rings (SSSR count). The van der Waals surface area contributed by atoms with Crippen LogP contribution in [-0.4, -0.2) is 40.7 Å². The van der Waals surface area contributed by atoms with Crippen LogP contribution in [0.4, 0.5) is 20.3 Å². The second-order valence-corrected chi connectivity index (χ2v) is 7.60. The van der Waals surface area contributed by atoms with Crippen molar-refractivity contribution in [3.63, 3.8) is 0 Å². The number of anilines is 2. The van der Waals surface area contributed by atoms with Gasteiger partial charge in [-0.15, -0.1) is 0 Å². The normalized spacial score (nSPS) is 19.3. The van der Waals surface area contributed by atoms with Gasteiger partial charge < -0.3 is 16.4 Å². The fraction of sp³-hybridized carbons (Fsp3) is 0.238. The first-order valence-corrected chi connectivity index (χ1v) is 9.35. The zero-order chi connectivity index (χ0) is 20.8. The van der Waals surface area contributed by atoms with E-state index < -0.39 is 11.5 Å². The van der Waals surface area contributed by atoms with Crippen LogP contribution in [0, 0.1) is 17.7 Å². The third-order valence-electron chi connectivity index (χ3n) is 4.92. The van der Waals surface area contributed by atoms with E-state index in [0.29, 0.717) is 35.1 Å². The first-order chi connectivity index (χ1) is 13.8. The fourth-order valence-electron chi connectivity index (χ4n) is 3.36. The van der Waals surface area contributed by atoms with Crippen molar-refractivity contribution in [2.75, 3.05) is 31.6 Å². The number of likely N-dealkylation sites (tertiary alicyclic amines) is 1. The largest absolute Gasteiger partial charge is 0.398 e. The molecule has 0 amide bonds. The van der Waals surface area contributed by atoms with E-state index in [1.807, 2.05) is 11.9 Å². The standard InChI is InChI=1S/C21H18ClF2N5/c1-29-8-7-21(24,11-29)6-5-12-9-17-14(10-16(12)25)19(26)28-20(27-17)13-3-2-4-15(22)18(13)23/h2-4,9-10H,7-8,11,25H2,1H3,(H2,26,27,28). The quantitative estimate of drug-likeness (QED) is 0.470. The lowest BCUT2D eigenvalue weighted by Crippen LogP contribution is -2.25. The molecule has 2 aromatic carbocycles. The van der Waals surface area contributed by atoms with Crippen molar-refractivity contribution in [2.45, 2.75) is 12.1 Å². The Hall–Kier alpha value is -2.95. The van der Waals surface area contributed by atoms with Crippen molar-refractivity contribution in [1.29, 1.82) is 0 Å². The Kier molecular flexibility index (Phi) is 4.77. The Labute approximate surface area is 171 Å². The predicted octanol–water partition coefficient (Wildman–Crippen LogP) is 3.65. The lowest BCUT2D eigenvalue weighted by Gasteiger charge is -2.12. The molecule has 29 heavy (non-hydrogen) atoms. The van der Waals surface area contributed by atoms with Crippen LogP contribution in [0.25, 0.3) is 22.3 Å². The van der Waals surface area contributed by atoms with E-state index >= 15 is 0 Å². The van der Waals surface area contributed by atoms with E-state index in [2.05, 4.69) is 21.8 Å². The summed E-state index contributed by atoms with van der Waals surface area (Å²) in [7, 11) is 1.85. The smallest absolute Gasteiger partial charge is 0.184 e. The molecule has 1 saturated heterocycles. The number of hydrogen-bond acceptors (Lipinski definition) is 5.